The third kappa shape index (κ3) is 2.79. The monoisotopic (exact) mass is 249 g/mol. The van der Waals surface area contributed by atoms with Crippen LogP contribution in [-0.2, 0) is 4.79 Å². The predicted molar refractivity (Wildman–Crippen MR) is 41.7 cm³/mol. The van der Waals surface area contributed by atoms with Gasteiger partial charge in [-0.15, -0.1) is 0 Å². The minimum absolute atomic E-state index is 0.0129. The van der Waals surface area contributed by atoms with Crippen LogP contribution in [0.5, 0.6) is 0 Å². The van der Waals surface area contributed by atoms with Gasteiger partial charge < -0.3 is 4.90 Å². The first-order valence-electron chi connectivity index (χ1n) is 4.51. The second-order valence-corrected chi connectivity index (χ2v) is 3.58. The minimum Gasteiger partial charge on any atom is -0.337 e. The van der Waals surface area contributed by atoms with E-state index in [9.17, 15) is 31.1 Å². The highest BCUT2D eigenvalue weighted by molar-refractivity contribution is 5.78. The Kier molecular flexibility index (Phi) is 3.39. The molecule has 0 bridgehead atoms. The van der Waals surface area contributed by atoms with Gasteiger partial charge in [0.2, 0.25) is 5.91 Å². The van der Waals surface area contributed by atoms with Crippen LogP contribution in [0, 0.1) is 0 Å². The first kappa shape index (κ1) is 13.1. The Bertz CT molecular complexity index is 276. The summed E-state index contributed by atoms with van der Waals surface area (Å²) in [4.78, 5) is 11.5. The molecule has 0 aliphatic carbocycles. The fourth-order valence-corrected chi connectivity index (χ4v) is 1.45. The highest BCUT2D eigenvalue weighted by Crippen LogP contribution is 2.35. The van der Waals surface area contributed by atoms with E-state index in [2.05, 4.69) is 0 Å². The van der Waals surface area contributed by atoms with E-state index in [1.165, 1.54) is 0 Å². The van der Waals surface area contributed by atoms with Crippen LogP contribution in [0.3, 0.4) is 0 Å². The van der Waals surface area contributed by atoms with Crippen molar-refractivity contribution in [2.45, 2.75) is 31.1 Å². The zero-order chi connectivity index (χ0) is 12.6. The molecule has 1 unspecified atom stereocenters. The number of carbonyl (C=O) groups excluding carboxylic acids is 1. The first-order chi connectivity index (χ1) is 7.14. The Hall–Kier alpha value is -0.950. The lowest BCUT2D eigenvalue weighted by atomic mass is 10.2. The summed E-state index contributed by atoms with van der Waals surface area (Å²) >= 11 is 0. The van der Waals surface area contributed by atoms with E-state index in [0.29, 0.717) is 11.3 Å². The lowest BCUT2D eigenvalue weighted by Gasteiger charge is -2.27. The molecule has 0 saturated carbocycles. The van der Waals surface area contributed by atoms with Crippen molar-refractivity contribution < 1.29 is 31.1 Å². The molecule has 0 aromatic rings. The molecule has 0 N–H and O–H groups in total. The van der Waals surface area contributed by atoms with E-state index >= 15 is 0 Å². The summed E-state index contributed by atoms with van der Waals surface area (Å²) in [5, 5.41) is 0. The van der Waals surface area contributed by atoms with Gasteiger partial charge in [0.05, 0.1) is 6.54 Å². The van der Waals surface area contributed by atoms with Gasteiger partial charge in [-0.25, -0.2) is 13.2 Å². The number of hydrogen-bond donors (Lipinski definition) is 0. The molecule has 0 aromatic heterocycles. The van der Waals surface area contributed by atoms with Gasteiger partial charge in [-0.2, -0.15) is 13.2 Å². The number of hydrogen-bond acceptors (Lipinski definition) is 1. The number of amides is 1. The van der Waals surface area contributed by atoms with Gasteiger partial charge in [0.15, 0.2) is 0 Å². The van der Waals surface area contributed by atoms with Gasteiger partial charge in [0.1, 0.15) is 0 Å². The quantitative estimate of drug-likeness (QED) is 0.702. The molecule has 0 spiro atoms. The normalized spacial score (nSPS) is 20.4. The fourth-order valence-electron chi connectivity index (χ4n) is 1.45. The third-order valence-electron chi connectivity index (χ3n) is 2.23. The second kappa shape index (κ2) is 4.14. The average Bonchev–Trinajstić information content (AvgIpc) is 2.48. The van der Waals surface area contributed by atoms with E-state index < -0.39 is 30.7 Å². The number of nitrogens with zero attached hydrogens (tertiary/aromatic N) is 1. The van der Waals surface area contributed by atoms with E-state index in [1.54, 1.807) is 0 Å². The van der Waals surface area contributed by atoms with Crippen LogP contribution in [0.4, 0.5) is 26.3 Å². The summed E-state index contributed by atoms with van der Waals surface area (Å²) in [7, 11) is 0. The highest BCUT2D eigenvalue weighted by atomic mass is 19.4. The smallest absolute Gasteiger partial charge is 0.337 e. The molecule has 1 rings (SSSR count). The van der Waals surface area contributed by atoms with Crippen molar-refractivity contribution in [1.82, 2.24) is 4.90 Å². The molecule has 1 aliphatic heterocycles. The number of rotatable bonds is 3. The Labute approximate surface area is 87.2 Å². The summed E-state index contributed by atoms with van der Waals surface area (Å²) in [5.74, 6) is -5.27. The SMILES string of the molecule is O=C1CCCN1CC(F)(F)C(F)C(F)(F)F. The Balaban J connectivity index is 2.67. The molecule has 1 fully saturated rings. The van der Waals surface area contributed by atoms with Crippen LogP contribution >= 0.6 is 0 Å². The molecule has 2 nitrogen and oxygen atoms in total. The van der Waals surface area contributed by atoms with Crippen molar-refractivity contribution in [1.29, 1.82) is 0 Å². The zero-order valence-corrected chi connectivity index (χ0v) is 8.03. The molecule has 1 saturated heterocycles. The van der Waals surface area contributed by atoms with Crippen LogP contribution in [0.15, 0.2) is 0 Å². The molecule has 16 heavy (non-hydrogen) atoms. The van der Waals surface area contributed by atoms with Crippen LogP contribution in [-0.4, -0.2) is 42.2 Å². The Morgan fingerprint density at radius 2 is 1.81 bits per heavy atom. The van der Waals surface area contributed by atoms with E-state index in [4.69, 9.17) is 0 Å². The van der Waals surface area contributed by atoms with Crippen molar-refractivity contribution in [3.05, 3.63) is 0 Å². The molecule has 0 radical (unpaired) electrons. The van der Waals surface area contributed by atoms with Gasteiger partial charge in [-0.05, 0) is 6.42 Å². The molecule has 1 amide bonds. The van der Waals surface area contributed by atoms with Crippen molar-refractivity contribution in [3.8, 4) is 0 Å². The van der Waals surface area contributed by atoms with Gasteiger partial charge in [0.25, 0.3) is 6.17 Å². The van der Waals surface area contributed by atoms with Gasteiger partial charge in [-0.1, -0.05) is 0 Å². The minimum atomic E-state index is -5.62. The molecular formula is C8H9F6NO. The first-order valence-corrected chi connectivity index (χ1v) is 4.51. The molecule has 94 valence electrons. The molecule has 8 heteroatoms. The summed E-state index contributed by atoms with van der Waals surface area (Å²) in [6, 6.07) is 0. The highest BCUT2D eigenvalue weighted by Gasteiger charge is 2.57. The Morgan fingerprint density at radius 3 is 2.19 bits per heavy atom. The van der Waals surface area contributed by atoms with E-state index in [-0.39, 0.29) is 13.0 Å². The van der Waals surface area contributed by atoms with Crippen molar-refractivity contribution in [3.63, 3.8) is 0 Å². The predicted octanol–water partition coefficient (Wildman–Crippen LogP) is 2.14. The zero-order valence-electron chi connectivity index (χ0n) is 8.03. The molecule has 1 heterocycles. The second-order valence-electron chi connectivity index (χ2n) is 3.58. The number of likely N-dealkylation sites (tertiary alicyclic amines) is 1. The molecular weight excluding hydrogens is 240 g/mol. The lowest BCUT2D eigenvalue weighted by molar-refractivity contribution is -0.246. The third-order valence-corrected chi connectivity index (χ3v) is 2.23. The lowest BCUT2D eigenvalue weighted by Crippen LogP contribution is -2.49. The standard InChI is InChI=1S/C8H9F6NO/c9-6(8(12,13)14)7(10,11)4-15-3-1-2-5(15)16/h6H,1-4H2. The number of carbonyl (C=O) groups is 1. The fraction of sp³-hybridized carbons (Fsp3) is 0.875. The van der Waals surface area contributed by atoms with Gasteiger partial charge in [0, 0.05) is 13.0 Å². The van der Waals surface area contributed by atoms with Crippen molar-refractivity contribution in [2.24, 2.45) is 0 Å². The molecule has 1 atom stereocenters. The number of halogens is 6. The topological polar surface area (TPSA) is 20.3 Å². The summed E-state index contributed by atoms with van der Waals surface area (Å²) in [6.07, 6.45) is -9.54. The average molecular weight is 249 g/mol. The number of alkyl halides is 6. The van der Waals surface area contributed by atoms with Gasteiger partial charge >= 0.3 is 12.1 Å². The molecule has 0 aromatic carbocycles. The maximum atomic E-state index is 12.8. The molecule has 1 aliphatic rings. The van der Waals surface area contributed by atoms with E-state index in [1.807, 2.05) is 0 Å². The van der Waals surface area contributed by atoms with Crippen molar-refractivity contribution in [2.75, 3.05) is 13.1 Å². The maximum absolute atomic E-state index is 12.8. The van der Waals surface area contributed by atoms with E-state index in [0.717, 1.165) is 0 Å². The van der Waals surface area contributed by atoms with Crippen molar-refractivity contribution >= 4 is 5.91 Å². The summed E-state index contributed by atoms with van der Waals surface area (Å²) in [6.45, 7) is -1.58. The van der Waals surface area contributed by atoms with Crippen LogP contribution in [0.2, 0.25) is 0 Å². The largest absolute Gasteiger partial charge is 0.425 e. The van der Waals surface area contributed by atoms with Gasteiger partial charge in [-0.3, -0.25) is 4.79 Å². The van der Waals surface area contributed by atoms with Crippen LogP contribution in [0.25, 0.3) is 0 Å². The van der Waals surface area contributed by atoms with Crippen LogP contribution in [0.1, 0.15) is 12.8 Å². The van der Waals surface area contributed by atoms with Crippen LogP contribution < -0.4 is 0 Å². The maximum Gasteiger partial charge on any atom is 0.425 e. The summed E-state index contributed by atoms with van der Waals surface area (Å²) < 4.78 is 73.4. The summed E-state index contributed by atoms with van der Waals surface area (Å²) in [5.41, 5.74) is 0. The Morgan fingerprint density at radius 1 is 1.25 bits per heavy atom.